The zero-order valence-electron chi connectivity index (χ0n) is 7.34. The summed E-state index contributed by atoms with van der Waals surface area (Å²) in [5, 5.41) is 2.51. The van der Waals surface area contributed by atoms with Gasteiger partial charge in [-0.15, -0.1) is 0 Å². The molecule has 2 heterocycles. The number of cyclic esters (lactones) is 1. The number of carbonyl (C=O) groups is 1. The Hall–Kier alpha value is -1.85. The predicted molar refractivity (Wildman–Crippen MR) is 46.8 cm³/mol. The van der Waals surface area contributed by atoms with Crippen LogP contribution in [-0.4, -0.2) is 28.3 Å². The number of ether oxygens (including phenoxy) is 1. The SMILES string of the molecule is O=C1NCC(Cn2cnccc2=O)O1. The fourth-order valence-corrected chi connectivity index (χ4v) is 1.27. The number of hydrogen-bond donors (Lipinski definition) is 1. The molecule has 1 saturated heterocycles. The number of nitrogens with one attached hydrogen (secondary N) is 1. The van der Waals surface area contributed by atoms with E-state index in [-0.39, 0.29) is 11.7 Å². The molecule has 1 aromatic heterocycles. The maximum Gasteiger partial charge on any atom is 0.407 e. The molecule has 74 valence electrons. The molecule has 0 saturated carbocycles. The molecule has 1 atom stereocenters. The van der Waals surface area contributed by atoms with E-state index in [1.54, 1.807) is 0 Å². The summed E-state index contributed by atoms with van der Waals surface area (Å²) >= 11 is 0. The van der Waals surface area contributed by atoms with Gasteiger partial charge in [0.1, 0.15) is 6.10 Å². The summed E-state index contributed by atoms with van der Waals surface area (Å²) in [6.45, 7) is 0.769. The monoisotopic (exact) mass is 195 g/mol. The van der Waals surface area contributed by atoms with Gasteiger partial charge in [0.25, 0.3) is 5.56 Å². The number of nitrogens with zero attached hydrogens (tertiary/aromatic N) is 2. The zero-order valence-corrected chi connectivity index (χ0v) is 7.34. The van der Waals surface area contributed by atoms with Crippen LogP contribution in [0, 0.1) is 0 Å². The molecule has 0 bridgehead atoms. The van der Waals surface area contributed by atoms with Crippen molar-refractivity contribution in [2.24, 2.45) is 0 Å². The smallest absolute Gasteiger partial charge is 0.407 e. The van der Waals surface area contributed by atoms with Crippen molar-refractivity contribution in [2.75, 3.05) is 6.54 Å². The Kier molecular flexibility index (Phi) is 2.18. The van der Waals surface area contributed by atoms with Crippen LogP contribution in [-0.2, 0) is 11.3 Å². The Labute approximate surface area is 79.5 Å². The van der Waals surface area contributed by atoms with Crippen molar-refractivity contribution < 1.29 is 9.53 Å². The lowest BCUT2D eigenvalue weighted by Gasteiger charge is -2.08. The third-order valence-electron chi connectivity index (χ3n) is 1.94. The molecule has 6 nitrogen and oxygen atoms in total. The van der Waals surface area contributed by atoms with Crippen LogP contribution < -0.4 is 10.9 Å². The van der Waals surface area contributed by atoms with Crippen LogP contribution in [0.4, 0.5) is 4.79 Å². The largest absolute Gasteiger partial charge is 0.442 e. The molecule has 1 fully saturated rings. The molecule has 1 aliphatic heterocycles. The van der Waals surface area contributed by atoms with Crippen LogP contribution in [0.3, 0.4) is 0 Å². The Balaban J connectivity index is 2.08. The van der Waals surface area contributed by atoms with Crippen LogP contribution in [0.15, 0.2) is 23.4 Å². The van der Waals surface area contributed by atoms with Crippen molar-refractivity contribution in [1.82, 2.24) is 14.9 Å². The first-order valence-electron chi connectivity index (χ1n) is 4.20. The van der Waals surface area contributed by atoms with Gasteiger partial charge in [-0.05, 0) is 0 Å². The standard InChI is InChI=1S/C8H9N3O3/c12-7-1-2-9-5-11(7)4-6-3-10-8(13)14-6/h1-2,5-6H,3-4H2,(H,10,13). The van der Waals surface area contributed by atoms with Gasteiger partial charge in [-0.3, -0.25) is 9.36 Å². The number of hydrogen-bond acceptors (Lipinski definition) is 4. The lowest BCUT2D eigenvalue weighted by atomic mass is 10.3. The van der Waals surface area contributed by atoms with Gasteiger partial charge >= 0.3 is 6.09 Å². The molecule has 2 rings (SSSR count). The van der Waals surface area contributed by atoms with Gasteiger partial charge in [-0.2, -0.15) is 0 Å². The van der Waals surface area contributed by atoms with E-state index in [0.29, 0.717) is 13.1 Å². The second-order valence-corrected chi connectivity index (χ2v) is 2.98. The van der Waals surface area contributed by atoms with Crippen LogP contribution >= 0.6 is 0 Å². The third kappa shape index (κ3) is 1.73. The average Bonchev–Trinajstić information content (AvgIpc) is 2.56. The van der Waals surface area contributed by atoms with Crippen molar-refractivity contribution in [2.45, 2.75) is 12.6 Å². The molecular formula is C8H9N3O3. The van der Waals surface area contributed by atoms with Crippen LogP contribution in [0.5, 0.6) is 0 Å². The molecule has 6 heteroatoms. The topological polar surface area (TPSA) is 73.2 Å². The first kappa shape index (κ1) is 8.74. The van der Waals surface area contributed by atoms with E-state index in [4.69, 9.17) is 4.74 Å². The van der Waals surface area contributed by atoms with E-state index < -0.39 is 6.09 Å². The van der Waals surface area contributed by atoms with Crippen molar-refractivity contribution in [3.8, 4) is 0 Å². The van der Waals surface area contributed by atoms with E-state index in [9.17, 15) is 9.59 Å². The Bertz CT molecular complexity index is 401. The Morgan fingerprint density at radius 1 is 1.64 bits per heavy atom. The van der Waals surface area contributed by atoms with Crippen molar-refractivity contribution in [3.63, 3.8) is 0 Å². The molecule has 0 aromatic carbocycles. The van der Waals surface area contributed by atoms with Crippen molar-refractivity contribution >= 4 is 6.09 Å². The number of amides is 1. The van der Waals surface area contributed by atoms with Crippen LogP contribution in [0.2, 0.25) is 0 Å². The maximum atomic E-state index is 11.3. The molecule has 1 aliphatic rings. The van der Waals surface area contributed by atoms with Gasteiger partial charge in [0, 0.05) is 12.3 Å². The molecule has 1 N–H and O–H groups in total. The molecule has 1 amide bonds. The van der Waals surface area contributed by atoms with E-state index in [2.05, 4.69) is 10.3 Å². The number of aromatic nitrogens is 2. The minimum Gasteiger partial charge on any atom is -0.442 e. The second-order valence-electron chi connectivity index (χ2n) is 2.98. The second kappa shape index (κ2) is 3.49. The lowest BCUT2D eigenvalue weighted by molar-refractivity contribution is 0.130. The van der Waals surface area contributed by atoms with E-state index in [1.807, 2.05) is 0 Å². The quantitative estimate of drug-likeness (QED) is 0.680. The third-order valence-corrected chi connectivity index (χ3v) is 1.94. The molecule has 0 radical (unpaired) electrons. The molecule has 1 aromatic rings. The van der Waals surface area contributed by atoms with Crippen LogP contribution in [0.1, 0.15) is 0 Å². The van der Waals surface area contributed by atoms with E-state index in [1.165, 1.54) is 23.2 Å². The van der Waals surface area contributed by atoms with Gasteiger partial charge < -0.3 is 10.1 Å². The normalized spacial score (nSPS) is 20.3. The zero-order chi connectivity index (χ0) is 9.97. The number of alkyl carbamates (subject to hydrolysis) is 1. The van der Waals surface area contributed by atoms with Crippen LogP contribution in [0.25, 0.3) is 0 Å². The summed E-state index contributed by atoms with van der Waals surface area (Å²) in [4.78, 5) is 25.8. The van der Waals surface area contributed by atoms with Gasteiger partial charge in [0.2, 0.25) is 0 Å². The van der Waals surface area contributed by atoms with Gasteiger partial charge in [0.05, 0.1) is 19.4 Å². The summed E-state index contributed by atoms with van der Waals surface area (Å²) in [5.74, 6) is 0. The minimum atomic E-state index is -0.438. The lowest BCUT2D eigenvalue weighted by Crippen LogP contribution is -2.28. The highest BCUT2D eigenvalue weighted by molar-refractivity contribution is 5.69. The highest BCUT2D eigenvalue weighted by Crippen LogP contribution is 2.01. The van der Waals surface area contributed by atoms with Gasteiger partial charge in [-0.1, -0.05) is 0 Å². The highest BCUT2D eigenvalue weighted by atomic mass is 16.6. The van der Waals surface area contributed by atoms with E-state index in [0.717, 1.165) is 0 Å². The number of rotatable bonds is 2. The number of carbonyl (C=O) groups excluding carboxylic acids is 1. The molecule has 14 heavy (non-hydrogen) atoms. The van der Waals surface area contributed by atoms with E-state index >= 15 is 0 Å². The average molecular weight is 195 g/mol. The summed E-state index contributed by atoms with van der Waals surface area (Å²) in [5.41, 5.74) is -0.150. The predicted octanol–water partition coefficient (Wildman–Crippen LogP) is -0.648. The van der Waals surface area contributed by atoms with Gasteiger partial charge in [-0.25, -0.2) is 9.78 Å². The molecule has 1 unspecified atom stereocenters. The first-order valence-corrected chi connectivity index (χ1v) is 4.20. The summed E-state index contributed by atoms with van der Waals surface area (Å²) in [7, 11) is 0. The Morgan fingerprint density at radius 3 is 3.14 bits per heavy atom. The summed E-state index contributed by atoms with van der Waals surface area (Å²) in [6, 6.07) is 1.37. The summed E-state index contributed by atoms with van der Waals surface area (Å²) in [6.07, 6.45) is 2.13. The molecular weight excluding hydrogens is 186 g/mol. The summed E-state index contributed by atoms with van der Waals surface area (Å²) < 4.78 is 6.29. The van der Waals surface area contributed by atoms with Crippen molar-refractivity contribution in [1.29, 1.82) is 0 Å². The van der Waals surface area contributed by atoms with Gasteiger partial charge in [0.15, 0.2) is 0 Å². The molecule has 0 spiro atoms. The Morgan fingerprint density at radius 2 is 2.50 bits per heavy atom. The molecule has 0 aliphatic carbocycles. The van der Waals surface area contributed by atoms with Crippen molar-refractivity contribution in [3.05, 3.63) is 28.9 Å². The first-order chi connectivity index (χ1) is 6.75. The fraction of sp³-hybridized carbons (Fsp3) is 0.375. The fourth-order valence-electron chi connectivity index (χ4n) is 1.27. The minimum absolute atomic E-state index is 0.150. The highest BCUT2D eigenvalue weighted by Gasteiger charge is 2.22. The maximum absolute atomic E-state index is 11.3.